The minimum Gasteiger partial charge on any atom is -0.489 e. The minimum atomic E-state index is -0.617. The Hall–Kier alpha value is -4.49. The molecule has 4 rings (SSSR count). The van der Waals surface area contributed by atoms with E-state index < -0.39 is 16.8 Å². The van der Waals surface area contributed by atoms with Crippen LogP contribution in [0.2, 0.25) is 0 Å². The number of carbonyl (C=O) groups excluding carboxylic acids is 2. The number of hydrogen-bond acceptors (Lipinski definition) is 8. The summed E-state index contributed by atoms with van der Waals surface area (Å²) in [6, 6.07) is 14.9. The first-order valence-electron chi connectivity index (χ1n) is 12.1. The first kappa shape index (κ1) is 26.6. The van der Waals surface area contributed by atoms with E-state index in [1.165, 1.54) is 29.5 Å². The molecule has 1 amide bonds. The fourth-order valence-corrected chi connectivity index (χ4v) is 5.41. The van der Waals surface area contributed by atoms with Gasteiger partial charge in [0.25, 0.3) is 11.6 Å². The zero-order valence-electron chi connectivity index (χ0n) is 20.7. The summed E-state index contributed by atoms with van der Waals surface area (Å²) >= 11 is 1.36. The zero-order chi connectivity index (χ0) is 27.1. The monoisotopic (exact) mass is 531 g/mol. The number of thiophene rings is 1. The van der Waals surface area contributed by atoms with Gasteiger partial charge in [0.15, 0.2) is 0 Å². The van der Waals surface area contributed by atoms with Gasteiger partial charge in [-0.05, 0) is 79.6 Å². The number of nitrogens with zero attached hydrogens (tertiary/aromatic N) is 2. The summed E-state index contributed by atoms with van der Waals surface area (Å²) in [7, 11) is 0. The molecule has 0 saturated heterocycles. The number of nitrogens with one attached hydrogen (secondary N) is 1. The molecule has 10 heteroatoms. The normalized spacial score (nSPS) is 12.7. The van der Waals surface area contributed by atoms with Crippen molar-refractivity contribution in [2.75, 3.05) is 11.9 Å². The second-order valence-electron chi connectivity index (χ2n) is 8.54. The number of fused-ring (bicyclic) bond motifs is 1. The summed E-state index contributed by atoms with van der Waals surface area (Å²) < 4.78 is 11.0. The molecular formula is C28H25N3O6S. The maximum Gasteiger partial charge on any atom is 0.341 e. The maximum absolute atomic E-state index is 13.0. The molecule has 9 nitrogen and oxygen atoms in total. The third kappa shape index (κ3) is 6.25. The molecule has 0 unspecified atom stereocenters. The first-order chi connectivity index (χ1) is 18.4. The summed E-state index contributed by atoms with van der Waals surface area (Å²) in [5.74, 6) is -0.582. The average Bonchev–Trinajstić information content (AvgIpc) is 3.29. The number of anilines is 1. The standard InChI is InChI=1S/C28H25N3O6S/c1-2-36-28(33)25-23-8-3-4-9-24(23)38-27(25)30-26(32)20(16-29)14-19-6-5-7-22(15-19)37-17-18-10-12-21(13-11-18)31(34)35/h5-7,10-15H,2-4,8-9,17H2,1H3,(H,30,32)/b20-14+. The maximum atomic E-state index is 13.0. The number of nitro groups is 1. The lowest BCUT2D eigenvalue weighted by molar-refractivity contribution is -0.384. The van der Waals surface area contributed by atoms with Gasteiger partial charge < -0.3 is 14.8 Å². The number of aryl methyl sites for hydroxylation is 1. The lowest BCUT2D eigenvalue weighted by atomic mass is 9.95. The van der Waals surface area contributed by atoms with E-state index in [-0.39, 0.29) is 24.5 Å². The van der Waals surface area contributed by atoms with Crippen LogP contribution < -0.4 is 10.1 Å². The highest BCUT2D eigenvalue weighted by Crippen LogP contribution is 2.38. The van der Waals surface area contributed by atoms with Crippen LogP contribution in [-0.4, -0.2) is 23.4 Å². The Kier molecular flexibility index (Phi) is 8.51. The molecule has 0 spiro atoms. The second-order valence-corrected chi connectivity index (χ2v) is 9.65. The summed E-state index contributed by atoms with van der Waals surface area (Å²) in [6.07, 6.45) is 5.04. The van der Waals surface area contributed by atoms with Crippen LogP contribution in [0.1, 0.15) is 51.7 Å². The SMILES string of the molecule is CCOC(=O)c1c(NC(=O)/C(C#N)=C/c2cccc(OCc3ccc([N+](=O)[O-])cc3)c2)sc2c1CCCC2. The van der Waals surface area contributed by atoms with Crippen molar-refractivity contribution in [3.63, 3.8) is 0 Å². The van der Waals surface area contributed by atoms with Crippen molar-refractivity contribution in [1.29, 1.82) is 5.26 Å². The molecule has 1 heterocycles. The van der Waals surface area contributed by atoms with E-state index in [9.17, 15) is 25.0 Å². The van der Waals surface area contributed by atoms with Gasteiger partial charge in [0.2, 0.25) is 0 Å². The Labute approximate surface area is 223 Å². The fraction of sp³-hybridized carbons (Fsp3) is 0.250. The van der Waals surface area contributed by atoms with Crippen molar-refractivity contribution in [3.8, 4) is 11.8 Å². The molecule has 1 aliphatic rings. The average molecular weight is 532 g/mol. The van der Waals surface area contributed by atoms with Gasteiger partial charge in [-0.15, -0.1) is 11.3 Å². The Bertz CT molecular complexity index is 1440. The minimum absolute atomic E-state index is 0.000267. The molecule has 1 aromatic heterocycles. The van der Waals surface area contributed by atoms with Crippen LogP contribution in [0.25, 0.3) is 6.08 Å². The van der Waals surface area contributed by atoms with Crippen molar-refractivity contribution in [2.24, 2.45) is 0 Å². The van der Waals surface area contributed by atoms with Crippen LogP contribution in [-0.2, 0) is 29.0 Å². The van der Waals surface area contributed by atoms with Crippen molar-refractivity contribution in [3.05, 3.63) is 91.3 Å². The predicted molar refractivity (Wildman–Crippen MR) is 143 cm³/mol. The van der Waals surface area contributed by atoms with Gasteiger partial charge in [-0.1, -0.05) is 12.1 Å². The van der Waals surface area contributed by atoms with Gasteiger partial charge in [-0.3, -0.25) is 14.9 Å². The highest BCUT2D eigenvalue weighted by atomic mass is 32.1. The van der Waals surface area contributed by atoms with E-state index in [0.717, 1.165) is 41.7 Å². The smallest absolute Gasteiger partial charge is 0.341 e. The molecule has 0 aliphatic heterocycles. The molecule has 3 aromatic rings. The Morgan fingerprint density at radius 2 is 1.95 bits per heavy atom. The quantitative estimate of drug-likeness (QED) is 0.121. The van der Waals surface area contributed by atoms with E-state index in [2.05, 4.69) is 5.32 Å². The van der Waals surface area contributed by atoms with Crippen molar-refractivity contribution < 1.29 is 24.0 Å². The summed E-state index contributed by atoms with van der Waals surface area (Å²) in [6.45, 7) is 2.15. The van der Waals surface area contributed by atoms with Crippen LogP contribution in [0.3, 0.4) is 0 Å². The molecule has 0 atom stereocenters. The van der Waals surface area contributed by atoms with Crippen LogP contribution in [0, 0.1) is 21.4 Å². The Morgan fingerprint density at radius 1 is 1.18 bits per heavy atom. The number of nitro benzene ring substituents is 1. The summed E-state index contributed by atoms with van der Waals surface area (Å²) in [5, 5.41) is 23.7. The Morgan fingerprint density at radius 3 is 2.66 bits per heavy atom. The molecule has 1 N–H and O–H groups in total. The lowest BCUT2D eigenvalue weighted by Crippen LogP contribution is -2.16. The Balaban J connectivity index is 1.49. The van der Waals surface area contributed by atoms with Crippen LogP contribution in [0.5, 0.6) is 5.75 Å². The molecule has 0 saturated carbocycles. The van der Waals surface area contributed by atoms with Gasteiger partial charge >= 0.3 is 5.97 Å². The van der Waals surface area contributed by atoms with E-state index in [0.29, 0.717) is 21.9 Å². The van der Waals surface area contributed by atoms with E-state index >= 15 is 0 Å². The predicted octanol–water partition coefficient (Wildman–Crippen LogP) is 5.84. The number of esters is 1. The van der Waals surface area contributed by atoms with Crippen molar-refractivity contribution in [2.45, 2.75) is 39.2 Å². The number of amides is 1. The highest BCUT2D eigenvalue weighted by molar-refractivity contribution is 7.17. The van der Waals surface area contributed by atoms with Crippen molar-refractivity contribution in [1.82, 2.24) is 0 Å². The fourth-order valence-electron chi connectivity index (χ4n) is 4.13. The number of ether oxygens (including phenoxy) is 2. The summed E-state index contributed by atoms with van der Waals surface area (Å²) in [5.41, 5.74) is 2.52. The van der Waals surface area contributed by atoms with E-state index in [1.807, 2.05) is 6.07 Å². The van der Waals surface area contributed by atoms with Crippen LogP contribution >= 0.6 is 11.3 Å². The summed E-state index contributed by atoms with van der Waals surface area (Å²) in [4.78, 5) is 37.1. The largest absolute Gasteiger partial charge is 0.489 e. The number of rotatable bonds is 9. The molecule has 0 radical (unpaired) electrons. The van der Waals surface area contributed by atoms with Gasteiger partial charge in [0, 0.05) is 17.0 Å². The number of benzene rings is 2. The second kappa shape index (κ2) is 12.2. The van der Waals surface area contributed by atoms with Gasteiger partial charge in [0.05, 0.1) is 17.1 Å². The molecule has 194 valence electrons. The van der Waals surface area contributed by atoms with Crippen LogP contribution in [0.15, 0.2) is 54.1 Å². The molecule has 1 aliphatic carbocycles. The third-order valence-electron chi connectivity index (χ3n) is 5.96. The van der Waals surface area contributed by atoms with Gasteiger partial charge in [-0.2, -0.15) is 5.26 Å². The van der Waals surface area contributed by atoms with Crippen molar-refractivity contribution >= 4 is 40.0 Å². The van der Waals surface area contributed by atoms with Crippen LogP contribution in [0.4, 0.5) is 10.7 Å². The number of nitriles is 1. The number of hydrogen-bond donors (Lipinski definition) is 1. The molecule has 0 fully saturated rings. The number of non-ortho nitro benzene ring substituents is 1. The highest BCUT2D eigenvalue weighted by Gasteiger charge is 2.27. The molecule has 38 heavy (non-hydrogen) atoms. The number of carbonyl (C=O) groups is 2. The van der Waals surface area contributed by atoms with Gasteiger partial charge in [-0.25, -0.2) is 4.79 Å². The molecule has 0 bridgehead atoms. The lowest BCUT2D eigenvalue weighted by Gasteiger charge is -2.12. The zero-order valence-corrected chi connectivity index (χ0v) is 21.5. The first-order valence-corrected chi connectivity index (χ1v) is 12.9. The van der Waals surface area contributed by atoms with Gasteiger partial charge in [0.1, 0.15) is 29.0 Å². The third-order valence-corrected chi connectivity index (χ3v) is 7.17. The molecular weight excluding hydrogens is 506 g/mol. The van der Waals surface area contributed by atoms with E-state index in [4.69, 9.17) is 9.47 Å². The van der Waals surface area contributed by atoms with E-state index in [1.54, 1.807) is 43.3 Å². The molecule has 2 aromatic carbocycles. The topological polar surface area (TPSA) is 132 Å².